The molecule has 0 radical (unpaired) electrons. The fraction of sp³-hybridized carbons (Fsp3) is 0.486. The highest BCUT2D eigenvalue weighted by atomic mass is 35.5. The van der Waals surface area contributed by atoms with Crippen LogP contribution in [0.15, 0.2) is 60.7 Å². The summed E-state index contributed by atoms with van der Waals surface area (Å²) in [5, 5.41) is 7.33. The van der Waals surface area contributed by atoms with Gasteiger partial charge in [-0.2, -0.15) is 0 Å². The Morgan fingerprint density at radius 1 is 1.10 bits per heavy atom. The number of hydrogen-bond acceptors (Lipinski definition) is 9. The highest BCUT2D eigenvalue weighted by Gasteiger charge is 2.63. The number of allylic oxidation sites excluding steroid dienone is 1. The van der Waals surface area contributed by atoms with Crippen LogP contribution in [0.4, 0.5) is 5.69 Å². The van der Waals surface area contributed by atoms with Crippen molar-refractivity contribution in [1.82, 2.24) is 19.9 Å². The number of ether oxygens (including phenoxy) is 1. The molecular formula is C35H40ClN5O6S2. The van der Waals surface area contributed by atoms with Crippen molar-refractivity contribution in [2.45, 2.75) is 93.2 Å². The third kappa shape index (κ3) is 7.02. The van der Waals surface area contributed by atoms with Crippen LogP contribution in [-0.2, 0) is 24.4 Å². The molecule has 2 aliphatic heterocycles. The van der Waals surface area contributed by atoms with E-state index in [0.717, 1.165) is 41.6 Å². The summed E-state index contributed by atoms with van der Waals surface area (Å²) in [6, 6.07) is 13.2. The zero-order chi connectivity index (χ0) is 34.4. The van der Waals surface area contributed by atoms with Gasteiger partial charge in [-0.25, -0.2) is 13.4 Å². The van der Waals surface area contributed by atoms with Gasteiger partial charge in [0.05, 0.1) is 21.5 Å². The second-order valence-electron chi connectivity index (χ2n) is 13.9. The topological polar surface area (TPSA) is 147 Å². The van der Waals surface area contributed by atoms with Crippen LogP contribution in [0.5, 0.6) is 5.19 Å². The number of amides is 3. The van der Waals surface area contributed by atoms with Crippen LogP contribution in [0.3, 0.4) is 0 Å². The maximum Gasteiger partial charge on any atom is 0.274 e. The van der Waals surface area contributed by atoms with Gasteiger partial charge in [-0.15, -0.1) is 0 Å². The maximum atomic E-state index is 14.4. The number of nitrogens with one attached hydrogen (secondary N) is 3. The minimum atomic E-state index is -3.93. The second kappa shape index (κ2) is 13.2. The van der Waals surface area contributed by atoms with E-state index in [0.29, 0.717) is 29.5 Å². The van der Waals surface area contributed by atoms with Crippen LogP contribution in [0.25, 0.3) is 10.2 Å². The molecule has 0 spiro atoms. The van der Waals surface area contributed by atoms with E-state index in [1.165, 1.54) is 11.3 Å². The van der Waals surface area contributed by atoms with Gasteiger partial charge < -0.3 is 20.3 Å². The first-order chi connectivity index (χ1) is 23.5. The fourth-order valence-corrected chi connectivity index (χ4v) is 9.06. The molecule has 5 atom stereocenters. The number of nitrogens with zero attached hydrogens (tertiary/aromatic N) is 2. The Labute approximate surface area is 294 Å². The molecule has 7 rings (SSSR count). The molecule has 11 nitrogen and oxygen atoms in total. The number of aromatic nitrogens is 1. The number of benzene rings is 2. The van der Waals surface area contributed by atoms with Gasteiger partial charge in [0, 0.05) is 23.0 Å². The first kappa shape index (κ1) is 33.8. The predicted octanol–water partition coefficient (Wildman–Crippen LogP) is 5.17. The summed E-state index contributed by atoms with van der Waals surface area (Å²) >= 11 is 7.51. The number of rotatable bonds is 7. The van der Waals surface area contributed by atoms with Crippen molar-refractivity contribution in [3.8, 4) is 5.19 Å². The van der Waals surface area contributed by atoms with Crippen LogP contribution in [0, 0.1) is 5.92 Å². The van der Waals surface area contributed by atoms with E-state index in [9.17, 15) is 22.8 Å². The van der Waals surface area contributed by atoms with E-state index in [1.54, 1.807) is 24.0 Å². The number of para-hydroxylation sites is 1. The van der Waals surface area contributed by atoms with E-state index < -0.39 is 50.3 Å². The molecule has 2 aliphatic carbocycles. The Morgan fingerprint density at radius 3 is 2.63 bits per heavy atom. The Bertz CT molecular complexity index is 1860. The maximum absolute atomic E-state index is 14.4. The monoisotopic (exact) mass is 725 g/mol. The van der Waals surface area contributed by atoms with Crippen molar-refractivity contribution in [2.24, 2.45) is 5.92 Å². The van der Waals surface area contributed by atoms with E-state index in [-0.39, 0.29) is 31.2 Å². The summed E-state index contributed by atoms with van der Waals surface area (Å²) in [6.45, 7) is 1.75. The van der Waals surface area contributed by atoms with Gasteiger partial charge in [0.1, 0.15) is 23.7 Å². The lowest BCUT2D eigenvalue weighted by Crippen LogP contribution is -2.58. The Morgan fingerprint density at radius 2 is 1.88 bits per heavy atom. The molecule has 3 heterocycles. The zero-order valence-corrected chi connectivity index (χ0v) is 29.6. The normalized spacial score (nSPS) is 29.1. The summed E-state index contributed by atoms with van der Waals surface area (Å²) in [5.41, 5.74) is 0.0913. The first-order valence-electron chi connectivity index (χ1n) is 16.9. The molecule has 1 aromatic heterocycles. The number of thiazole rings is 1. The number of sulfonamides is 1. The largest absolute Gasteiger partial charge is 0.465 e. The quantitative estimate of drug-likeness (QED) is 0.283. The standard InChI is InChI=1S/C35H40ClN5O6S2/c1-34(17-18-34)49(45,46)40-32(44)35-20-22(35)9-5-3-2-4-6-11-27(37-24-15-13-23(36)14-16-24)31(43)41-21-25(19-28(41)30(42)39-35)47-33-38-26-10-7-8-12-29(26)48-33/h5,7-10,12-16,22,25,27-28,37H,2-4,6,11,17-21H2,1H3,(H,39,42)(H,40,44)/b9-5-/t22-,25+,27-,28-,35+/m0/s1. The number of carbonyl (C=O) groups is 3. The number of halogens is 1. The summed E-state index contributed by atoms with van der Waals surface area (Å²) in [5.74, 6) is -1.89. The Kier molecular flexibility index (Phi) is 9.12. The fourth-order valence-electron chi connectivity index (χ4n) is 6.74. The predicted molar refractivity (Wildman–Crippen MR) is 189 cm³/mol. The van der Waals surface area contributed by atoms with Gasteiger partial charge in [0.2, 0.25) is 21.8 Å². The smallest absolute Gasteiger partial charge is 0.274 e. The molecule has 49 heavy (non-hydrogen) atoms. The first-order valence-corrected chi connectivity index (χ1v) is 19.5. The van der Waals surface area contributed by atoms with Crippen molar-refractivity contribution in [1.29, 1.82) is 0 Å². The molecule has 14 heteroatoms. The van der Waals surface area contributed by atoms with Crippen molar-refractivity contribution in [2.75, 3.05) is 11.9 Å². The number of hydrogen-bond donors (Lipinski definition) is 3. The lowest BCUT2D eigenvalue weighted by molar-refractivity contribution is -0.140. The molecular weight excluding hydrogens is 686 g/mol. The average molecular weight is 726 g/mol. The minimum Gasteiger partial charge on any atom is -0.465 e. The van der Waals surface area contributed by atoms with Gasteiger partial charge in [0.25, 0.3) is 11.1 Å². The molecule has 0 bridgehead atoms. The third-order valence-electron chi connectivity index (χ3n) is 10.2. The van der Waals surface area contributed by atoms with Crippen molar-refractivity contribution >= 4 is 66.6 Å². The minimum absolute atomic E-state index is 0.140. The highest BCUT2D eigenvalue weighted by molar-refractivity contribution is 7.91. The molecule has 3 amide bonds. The van der Waals surface area contributed by atoms with E-state index in [2.05, 4.69) is 20.3 Å². The molecule has 2 saturated carbocycles. The van der Waals surface area contributed by atoms with Crippen LogP contribution in [-0.4, -0.2) is 71.0 Å². The van der Waals surface area contributed by atoms with Crippen LogP contribution in [0.1, 0.15) is 64.7 Å². The van der Waals surface area contributed by atoms with Gasteiger partial charge >= 0.3 is 0 Å². The van der Waals surface area contributed by atoms with Gasteiger partial charge in [-0.05, 0) is 81.8 Å². The molecule has 260 valence electrons. The molecule has 3 N–H and O–H groups in total. The summed E-state index contributed by atoms with van der Waals surface area (Å²) in [7, 11) is -3.93. The van der Waals surface area contributed by atoms with Crippen LogP contribution >= 0.6 is 22.9 Å². The average Bonchev–Trinajstić information content (AvgIpc) is 3.88. The van der Waals surface area contributed by atoms with Crippen molar-refractivity contribution in [3.63, 3.8) is 0 Å². The van der Waals surface area contributed by atoms with Gasteiger partial charge in [0.15, 0.2) is 0 Å². The number of anilines is 1. The second-order valence-corrected chi connectivity index (χ2v) is 17.5. The molecule has 4 aliphatic rings. The van der Waals surface area contributed by atoms with Crippen LogP contribution < -0.4 is 20.1 Å². The number of carbonyl (C=O) groups excluding carboxylic acids is 3. The summed E-state index contributed by atoms with van der Waals surface area (Å²) in [6.07, 6.45) is 8.62. The van der Waals surface area contributed by atoms with E-state index >= 15 is 0 Å². The van der Waals surface area contributed by atoms with Gasteiger partial charge in [-0.1, -0.05) is 60.1 Å². The van der Waals surface area contributed by atoms with Crippen LogP contribution in [0.2, 0.25) is 5.02 Å². The Balaban J connectivity index is 1.18. The molecule has 1 saturated heterocycles. The molecule has 3 aromatic rings. The van der Waals surface area contributed by atoms with Crippen molar-refractivity contribution in [3.05, 3.63) is 65.7 Å². The zero-order valence-electron chi connectivity index (χ0n) is 27.2. The third-order valence-corrected chi connectivity index (χ3v) is 13.5. The molecule has 0 unspecified atom stereocenters. The lowest BCUT2D eigenvalue weighted by atomic mass is 10.0. The molecule has 3 fully saturated rings. The highest BCUT2D eigenvalue weighted by Crippen LogP contribution is 2.47. The summed E-state index contributed by atoms with van der Waals surface area (Å²) < 4.78 is 34.7. The van der Waals surface area contributed by atoms with Gasteiger partial charge in [-0.3, -0.25) is 19.1 Å². The Hall–Kier alpha value is -3.68. The van der Waals surface area contributed by atoms with Crippen molar-refractivity contribution < 1.29 is 27.5 Å². The lowest BCUT2D eigenvalue weighted by Gasteiger charge is -2.30. The SMILES string of the molecule is CC1(S(=O)(=O)NC(=O)[C@@]23C[C@@H]2/C=C\CCCCC[C@H](Nc2ccc(Cl)cc2)C(=O)N2C[C@H](Oc4nc5ccccc5s4)C[C@H]2C(=O)N3)CC1. The van der Waals surface area contributed by atoms with E-state index in [1.807, 2.05) is 48.6 Å². The summed E-state index contributed by atoms with van der Waals surface area (Å²) in [4.78, 5) is 48.6. The molecule has 2 aromatic carbocycles. The number of fused-ring (bicyclic) bond motifs is 3. The van der Waals surface area contributed by atoms with E-state index in [4.69, 9.17) is 16.3 Å².